The third-order valence-electron chi connectivity index (χ3n) is 4.59. The number of amides is 1. The lowest BCUT2D eigenvalue weighted by molar-refractivity contribution is -0.00607. The molecule has 2 aromatic heterocycles. The van der Waals surface area contributed by atoms with Gasteiger partial charge in [-0.1, -0.05) is 35.0 Å². The Kier molecular flexibility index (Phi) is 5.18. The number of aromatic nitrogens is 4. The zero-order valence-electron chi connectivity index (χ0n) is 15.7. The second kappa shape index (κ2) is 7.91. The lowest BCUT2D eigenvalue weighted by Crippen LogP contribution is -2.44. The summed E-state index contributed by atoms with van der Waals surface area (Å²) < 4.78 is 15.7. The third kappa shape index (κ3) is 3.67. The Morgan fingerprint density at radius 2 is 2.18 bits per heavy atom. The van der Waals surface area contributed by atoms with Gasteiger partial charge >= 0.3 is 0 Å². The van der Waals surface area contributed by atoms with E-state index in [-0.39, 0.29) is 12.5 Å². The zero-order chi connectivity index (χ0) is 19.5. The molecule has 1 aromatic carbocycles. The molecule has 1 aliphatic heterocycles. The summed E-state index contributed by atoms with van der Waals surface area (Å²) in [5.41, 5.74) is 3.24. The molecule has 1 aliphatic rings. The molecule has 0 unspecified atom stereocenters. The highest BCUT2D eigenvalue weighted by Crippen LogP contribution is 2.25. The average molecular weight is 383 g/mol. The molecule has 1 amide bonds. The van der Waals surface area contributed by atoms with Crippen LogP contribution in [0.1, 0.15) is 33.8 Å². The molecule has 1 atom stereocenters. The number of carbonyl (C=O) groups excluding carboxylic acids is 1. The fourth-order valence-electron chi connectivity index (χ4n) is 3.10. The SMILES string of the molecule is COCc1nc([C@H]2COCCN2C(=O)c2cc(-c3ccc(C)cc3)n[nH]2)no1. The Bertz CT molecular complexity index is 949. The summed E-state index contributed by atoms with van der Waals surface area (Å²) in [6, 6.07) is 9.31. The normalized spacial score (nSPS) is 17.1. The van der Waals surface area contributed by atoms with E-state index in [1.54, 1.807) is 18.1 Å². The number of aryl methyl sites for hydroxylation is 1. The van der Waals surface area contributed by atoms with Crippen molar-refractivity contribution in [1.29, 1.82) is 0 Å². The minimum atomic E-state index is -0.429. The minimum absolute atomic E-state index is 0.183. The van der Waals surface area contributed by atoms with Gasteiger partial charge in [-0.05, 0) is 13.0 Å². The van der Waals surface area contributed by atoms with Gasteiger partial charge < -0.3 is 18.9 Å². The van der Waals surface area contributed by atoms with Gasteiger partial charge in [0.1, 0.15) is 18.3 Å². The fourth-order valence-corrected chi connectivity index (χ4v) is 3.10. The number of nitrogens with zero attached hydrogens (tertiary/aromatic N) is 4. The first-order valence-electron chi connectivity index (χ1n) is 8.98. The van der Waals surface area contributed by atoms with Crippen LogP contribution >= 0.6 is 0 Å². The predicted octanol–water partition coefficient (Wildman–Crippen LogP) is 2.13. The van der Waals surface area contributed by atoms with Gasteiger partial charge in [0, 0.05) is 19.2 Å². The molecular formula is C19H21N5O4. The fraction of sp³-hybridized carbons (Fsp3) is 0.368. The lowest BCUT2D eigenvalue weighted by Gasteiger charge is -2.33. The van der Waals surface area contributed by atoms with E-state index in [0.717, 1.165) is 11.3 Å². The molecule has 4 rings (SSSR count). The number of ether oxygens (including phenoxy) is 2. The maximum atomic E-state index is 13.1. The number of carbonyl (C=O) groups is 1. The van der Waals surface area contributed by atoms with Gasteiger partial charge in [0.2, 0.25) is 0 Å². The molecule has 3 aromatic rings. The van der Waals surface area contributed by atoms with Gasteiger partial charge in [-0.15, -0.1) is 0 Å². The monoisotopic (exact) mass is 383 g/mol. The van der Waals surface area contributed by atoms with Crippen molar-refractivity contribution in [3.63, 3.8) is 0 Å². The number of aromatic amines is 1. The summed E-state index contributed by atoms with van der Waals surface area (Å²) in [6.07, 6.45) is 0. The van der Waals surface area contributed by atoms with Crippen LogP contribution in [0.4, 0.5) is 0 Å². The van der Waals surface area contributed by atoms with Crippen LogP contribution in [0.15, 0.2) is 34.9 Å². The molecule has 0 bridgehead atoms. The van der Waals surface area contributed by atoms with E-state index in [1.165, 1.54) is 5.56 Å². The van der Waals surface area contributed by atoms with Crippen LogP contribution in [-0.4, -0.2) is 58.0 Å². The standard InChI is InChI=1S/C19H21N5O4/c1-12-3-5-13(6-4-12)14-9-15(22-21-14)19(25)24-7-8-27-10-16(24)18-20-17(11-26-2)28-23-18/h3-6,9,16H,7-8,10-11H2,1-2H3,(H,21,22)/t16-/m1/s1. The summed E-state index contributed by atoms with van der Waals surface area (Å²) in [5, 5.41) is 11.1. The molecular weight excluding hydrogens is 362 g/mol. The second-order valence-electron chi connectivity index (χ2n) is 6.60. The van der Waals surface area contributed by atoms with Gasteiger partial charge in [0.05, 0.1) is 18.9 Å². The number of benzene rings is 1. The molecule has 3 heterocycles. The third-order valence-corrected chi connectivity index (χ3v) is 4.59. The van der Waals surface area contributed by atoms with Crippen molar-refractivity contribution in [3.05, 3.63) is 53.3 Å². The van der Waals surface area contributed by atoms with E-state index >= 15 is 0 Å². The number of methoxy groups -OCH3 is 1. The summed E-state index contributed by atoms with van der Waals surface area (Å²) >= 11 is 0. The molecule has 1 fully saturated rings. The first-order chi connectivity index (χ1) is 13.7. The maximum absolute atomic E-state index is 13.1. The Morgan fingerprint density at radius 3 is 2.96 bits per heavy atom. The summed E-state index contributed by atoms with van der Waals surface area (Å²) in [7, 11) is 1.55. The highest BCUT2D eigenvalue weighted by atomic mass is 16.5. The molecule has 9 nitrogen and oxygen atoms in total. The smallest absolute Gasteiger partial charge is 0.272 e. The van der Waals surface area contributed by atoms with Crippen molar-refractivity contribution in [3.8, 4) is 11.3 Å². The number of hydrogen-bond acceptors (Lipinski definition) is 7. The Labute approximate surface area is 161 Å². The molecule has 0 spiro atoms. The van der Waals surface area contributed by atoms with Crippen LogP contribution in [-0.2, 0) is 16.1 Å². The molecule has 146 valence electrons. The summed E-state index contributed by atoms with van der Waals surface area (Å²) in [4.78, 5) is 19.1. The first kappa shape index (κ1) is 18.3. The predicted molar refractivity (Wildman–Crippen MR) is 98.4 cm³/mol. The van der Waals surface area contributed by atoms with Crippen LogP contribution in [0.25, 0.3) is 11.3 Å². The molecule has 0 saturated carbocycles. The van der Waals surface area contributed by atoms with Crippen molar-refractivity contribution in [2.75, 3.05) is 26.9 Å². The molecule has 0 radical (unpaired) electrons. The highest BCUT2D eigenvalue weighted by Gasteiger charge is 2.33. The van der Waals surface area contributed by atoms with Crippen molar-refractivity contribution < 1.29 is 18.8 Å². The van der Waals surface area contributed by atoms with Crippen LogP contribution in [0.3, 0.4) is 0 Å². The van der Waals surface area contributed by atoms with Gasteiger partial charge in [-0.3, -0.25) is 9.89 Å². The van der Waals surface area contributed by atoms with Gasteiger partial charge in [-0.2, -0.15) is 10.1 Å². The van der Waals surface area contributed by atoms with Crippen molar-refractivity contribution in [1.82, 2.24) is 25.2 Å². The number of H-pyrrole nitrogens is 1. The molecule has 0 aliphatic carbocycles. The number of morpholine rings is 1. The van der Waals surface area contributed by atoms with Gasteiger partial charge in [0.15, 0.2) is 5.82 Å². The Balaban J connectivity index is 1.56. The van der Waals surface area contributed by atoms with Crippen molar-refractivity contribution in [2.24, 2.45) is 0 Å². The molecule has 1 N–H and O–H groups in total. The zero-order valence-corrected chi connectivity index (χ0v) is 15.7. The van der Waals surface area contributed by atoms with Crippen LogP contribution in [0.5, 0.6) is 0 Å². The van der Waals surface area contributed by atoms with Crippen LogP contribution in [0, 0.1) is 6.92 Å². The Morgan fingerprint density at radius 1 is 1.36 bits per heavy atom. The minimum Gasteiger partial charge on any atom is -0.377 e. The van der Waals surface area contributed by atoms with Crippen molar-refractivity contribution in [2.45, 2.75) is 19.6 Å². The maximum Gasteiger partial charge on any atom is 0.272 e. The van der Waals surface area contributed by atoms with Crippen LogP contribution < -0.4 is 0 Å². The van der Waals surface area contributed by atoms with E-state index in [0.29, 0.717) is 37.2 Å². The first-order valence-corrected chi connectivity index (χ1v) is 8.98. The van der Waals surface area contributed by atoms with Crippen molar-refractivity contribution >= 4 is 5.91 Å². The number of nitrogens with one attached hydrogen (secondary N) is 1. The highest BCUT2D eigenvalue weighted by molar-refractivity contribution is 5.93. The molecule has 28 heavy (non-hydrogen) atoms. The van der Waals surface area contributed by atoms with Gasteiger partial charge in [0.25, 0.3) is 11.8 Å². The van der Waals surface area contributed by atoms with E-state index in [9.17, 15) is 4.79 Å². The van der Waals surface area contributed by atoms with E-state index in [1.807, 2.05) is 31.2 Å². The summed E-state index contributed by atoms with van der Waals surface area (Å²) in [6.45, 7) is 3.42. The van der Waals surface area contributed by atoms with E-state index in [4.69, 9.17) is 14.0 Å². The quantitative estimate of drug-likeness (QED) is 0.719. The average Bonchev–Trinajstić information content (AvgIpc) is 3.38. The number of hydrogen-bond donors (Lipinski definition) is 1. The summed E-state index contributed by atoms with van der Waals surface area (Å²) in [5.74, 6) is 0.578. The Hall–Kier alpha value is -3.04. The van der Waals surface area contributed by atoms with E-state index in [2.05, 4.69) is 20.3 Å². The number of rotatable bonds is 5. The molecule has 1 saturated heterocycles. The van der Waals surface area contributed by atoms with Crippen LogP contribution in [0.2, 0.25) is 0 Å². The largest absolute Gasteiger partial charge is 0.377 e. The lowest BCUT2D eigenvalue weighted by atomic mass is 10.1. The topological polar surface area (TPSA) is 106 Å². The van der Waals surface area contributed by atoms with E-state index < -0.39 is 6.04 Å². The second-order valence-corrected chi connectivity index (χ2v) is 6.60. The molecule has 9 heteroatoms. The van der Waals surface area contributed by atoms with Gasteiger partial charge in [-0.25, -0.2) is 0 Å².